The Morgan fingerprint density at radius 2 is 1.83 bits per heavy atom. The topological polar surface area (TPSA) is 44.2 Å². The fourth-order valence-electron chi connectivity index (χ4n) is 2.42. The molecule has 0 aliphatic carbocycles. The van der Waals surface area contributed by atoms with E-state index in [0.717, 1.165) is 17.7 Å². The highest BCUT2D eigenvalue weighted by Gasteiger charge is 2.08. The molecule has 0 atom stereocenters. The number of hydrogen-bond donors (Lipinski definition) is 0. The molecule has 0 spiro atoms. The Morgan fingerprint density at radius 1 is 1.04 bits per heavy atom. The summed E-state index contributed by atoms with van der Waals surface area (Å²) in [6, 6.07) is 12.7. The van der Waals surface area contributed by atoms with E-state index in [0.29, 0.717) is 17.9 Å². The van der Waals surface area contributed by atoms with Gasteiger partial charge in [0.1, 0.15) is 23.4 Å². The van der Waals surface area contributed by atoms with Gasteiger partial charge in [0.2, 0.25) is 5.88 Å². The number of hydrogen-bond acceptors (Lipinski definition) is 4. The standard InChI is InChI=1S/C19H19FN2O2/c1-13(2)24-15-8-6-14(7-9-15)10-11-23-19-16-4-3-5-17(20)18(16)21-12-22-19/h3-9,12-13H,10-11H2,1-2H3. The van der Waals surface area contributed by atoms with Crippen LogP contribution in [0, 0.1) is 5.82 Å². The molecule has 0 N–H and O–H groups in total. The predicted octanol–water partition coefficient (Wildman–Crippen LogP) is 4.18. The van der Waals surface area contributed by atoms with E-state index in [9.17, 15) is 4.39 Å². The van der Waals surface area contributed by atoms with Crippen molar-refractivity contribution in [3.05, 3.63) is 60.2 Å². The number of para-hydroxylation sites is 1. The summed E-state index contributed by atoms with van der Waals surface area (Å²) < 4.78 is 25.1. The first kappa shape index (κ1) is 16.2. The molecule has 0 fully saturated rings. The Bertz CT molecular complexity index is 819. The molecule has 0 saturated carbocycles. The van der Waals surface area contributed by atoms with Crippen LogP contribution in [-0.4, -0.2) is 22.7 Å². The first-order valence-corrected chi connectivity index (χ1v) is 7.91. The molecule has 1 heterocycles. The fourth-order valence-corrected chi connectivity index (χ4v) is 2.42. The molecule has 3 rings (SSSR count). The van der Waals surface area contributed by atoms with Crippen LogP contribution in [0.5, 0.6) is 11.6 Å². The molecule has 5 heteroatoms. The summed E-state index contributed by atoms with van der Waals surface area (Å²) >= 11 is 0. The van der Waals surface area contributed by atoms with Crippen molar-refractivity contribution in [1.29, 1.82) is 0 Å². The van der Waals surface area contributed by atoms with Crippen LogP contribution in [-0.2, 0) is 6.42 Å². The van der Waals surface area contributed by atoms with Gasteiger partial charge in [-0.1, -0.05) is 18.2 Å². The zero-order chi connectivity index (χ0) is 16.9. The van der Waals surface area contributed by atoms with Gasteiger partial charge in [-0.05, 0) is 43.7 Å². The van der Waals surface area contributed by atoms with Gasteiger partial charge in [-0.3, -0.25) is 0 Å². The van der Waals surface area contributed by atoms with E-state index in [4.69, 9.17) is 9.47 Å². The minimum Gasteiger partial charge on any atom is -0.491 e. The van der Waals surface area contributed by atoms with Gasteiger partial charge in [0, 0.05) is 6.42 Å². The summed E-state index contributed by atoms with van der Waals surface area (Å²) in [5.74, 6) is 0.881. The molecular weight excluding hydrogens is 307 g/mol. The van der Waals surface area contributed by atoms with Crippen LogP contribution in [0.3, 0.4) is 0 Å². The van der Waals surface area contributed by atoms with Gasteiger partial charge in [0.25, 0.3) is 0 Å². The summed E-state index contributed by atoms with van der Waals surface area (Å²) in [4.78, 5) is 8.07. The van der Waals surface area contributed by atoms with Gasteiger partial charge in [-0.15, -0.1) is 0 Å². The second-order valence-corrected chi connectivity index (χ2v) is 5.72. The molecule has 3 aromatic rings. The number of halogens is 1. The molecule has 0 saturated heterocycles. The summed E-state index contributed by atoms with van der Waals surface area (Å²) in [5, 5.41) is 0.582. The van der Waals surface area contributed by atoms with Crippen LogP contribution in [0.4, 0.5) is 4.39 Å². The number of nitrogens with zero attached hydrogens (tertiary/aromatic N) is 2. The molecule has 0 aliphatic rings. The molecule has 0 unspecified atom stereocenters. The predicted molar refractivity (Wildman–Crippen MR) is 90.9 cm³/mol. The second-order valence-electron chi connectivity index (χ2n) is 5.72. The zero-order valence-corrected chi connectivity index (χ0v) is 13.7. The Kier molecular flexibility index (Phi) is 4.89. The molecule has 0 radical (unpaired) electrons. The number of fused-ring (bicyclic) bond motifs is 1. The van der Waals surface area contributed by atoms with Gasteiger partial charge in [-0.2, -0.15) is 0 Å². The van der Waals surface area contributed by atoms with Crippen molar-refractivity contribution in [2.45, 2.75) is 26.4 Å². The highest BCUT2D eigenvalue weighted by molar-refractivity contribution is 5.83. The highest BCUT2D eigenvalue weighted by Crippen LogP contribution is 2.23. The molecule has 2 aromatic carbocycles. The first-order chi connectivity index (χ1) is 11.6. The third-order valence-electron chi connectivity index (χ3n) is 3.50. The average molecular weight is 326 g/mol. The monoisotopic (exact) mass is 326 g/mol. The fraction of sp³-hybridized carbons (Fsp3) is 0.263. The lowest BCUT2D eigenvalue weighted by atomic mass is 10.1. The second kappa shape index (κ2) is 7.25. The van der Waals surface area contributed by atoms with Gasteiger partial charge in [0.15, 0.2) is 0 Å². The van der Waals surface area contributed by atoms with Crippen LogP contribution in [0.1, 0.15) is 19.4 Å². The van der Waals surface area contributed by atoms with E-state index in [1.807, 2.05) is 38.1 Å². The van der Waals surface area contributed by atoms with Gasteiger partial charge in [-0.25, -0.2) is 14.4 Å². The maximum absolute atomic E-state index is 13.7. The van der Waals surface area contributed by atoms with Gasteiger partial charge in [0.05, 0.1) is 18.1 Å². The summed E-state index contributed by atoms with van der Waals surface area (Å²) in [7, 11) is 0. The van der Waals surface area contributed by atoms with E-state index in [-0.39, 0.29) is 17.4 Å². The van der Waals surface area contributed by atoms with Crippen molar-refractivity contribution >= 4 is 10.9 Å². The van der Waals surface area contributed by atoms with Crippen molar-refractivity contribution in [2.24, 2.45) is 0 Å². The average Bonchev–Trinajstić information content (AvgIpc) is 2.57. The SMILES string of the molecule is CC(C)Oc1ccc(CCOc2ncnc3c(F)cccc23)cc1. The summed E-state index contributed by atoms with van der Waals surface area (Å²) in [6.07, 6.45) is 2.20. The lowest BCUT2D eigenvalue weighted by Crippen LogP contribution is -2.06. The minimum atomic E-state index is -0.375. The summed E-state index contributed by atoms with van der Waals surface area (Å²) in [5.41, 5.74) is 1.41. The number of benzene rings is 2. The quantitative estimate of drug-likeness (QED) is 0.682. The van der Waals surface area contributed by atoms with Crippen molar-refractivity contribution in [3.63, 3.8) is 0 Å². The Hall–Kier alpha value is -2.69. The maximum Gasteiger partial charge on any atom is 0.224 e. The first-order valence-electron chi connectivity index (χ1n) is 7.91. The Balaban J connectivity index is 1.64. The van der Waals surface area contributed by atoms with E-state index >= 15 is 0 Å². The van der Waals surface area contributed by atoms with E-state index in [1.54, 1.807) is 12.1 Å². The Morgan fingerprint density at radius 3 is 2.58 bits per heavy atom. The summed E-state index contributed by atoms with van der Waals surface area (Å²) in [6.45, 7) is 4.44. The van der Waals surface area contributed by atoms with Crippen LogP contribution >= 0.6 is 0 Å². The largest absolute Gasteiger partial charge is 0.491 e. The van der Waals surface area contributed by atoms with Crippen LogP contribution < -0.4 is 9.47 Å². The smallest absolute Gasteiger partial charge is 0.224 e. The third kappa shape index (κ3) is 3.79. The van der Waals surface area contributed by atoms with Crippen molar-refractivity contribution in [1.82, 2.24) is 9.97 Å². The molecule has 0 aliphatic heterocycles. The third-order valence-corrected chi connectivity index (χ3v) is 3.50. The lowest BCUT2D eigenvalue weighted by Gasteiger charge is -2.11. The van der Waals surface area contributed by atoms with Crippen LogP contribution in [0.25, 0.3) is 10.9 Å². The Labute approximate surface area is 140 Å². The van der Waals surface area contributed by atoms with Crippen LogP contribution in [0.15, 0.2) is 48.8 Å². The molecule has 1 aromatic heterocycles. The lowest BCUT2D eigenvalue weighted by molar-refractivity contribution is 0.242. The van der Waals surface area contributed by atoms with E-state index in [1.165, 1.54) is 12.4 Å². The number of aromatic nitrogens is 2. The van der Waals surface area contributed by atoms with E-state index in [2.05, 4.69) is 9.97 Å². The molecule has 24 heavy (non-hydrogen) atoms. The van der Waals surface area contributed by atoms with E-state index < -0.39 is 0 Å². The van der Waals surface area contributed by atoms with Crippen molar-refractivity contribution < 1.29 is 13.9 Å². The van der Waals surface area contributed by atoms with Crippen molar-refractivity contribution in [3.8, 4) is 11.6 Å². The molecule has 0 bridgehead atoms. The maximum atomic E-state index is 13.7. The minimum absolute atomic E-state index is 0.158. The van der Waals surface area contributed by atoms with Crippen molar-refractivity contribution in [2.75, 3.05) is 6.61 Å². The zero-order valence-electron chi connectivity index (χ0n) is 13.7. The molecule has 4 nitrogen and oxygen atoms in total. The molecular formula is C19H19FN2O2. The number of ether oxygens (including phenoxy) is 2. The number of rotatable bonds is 6. The van der Waals surface area contributed by atoms with Gasteiger partial charge >= 0.3 is 0 Å². The highest BCUT2D eigenvalue weighted by atomic mass is 19.1. The molecule has 0 amide bonds. The normalized spacial score (nSPS) is 11.0. The van der Waals surface area contributed by atoms with Crippen LogP contribution in [0.2, 0.25) is 0 Å². The molecule has 124 valence electrons. The van der Waals surface area contributed by atoms with Gasteiger partial charge < -0.3 is 9.47 Å².